The predicted molar refractivity (Wildman–Crippen MR) is 146 cm³/mol. The van der Waals surface area contributed by atoms with Gasteiger partial charge in [0.15, 0.2) is 5.17 Å². The van der Waals surface area contributed by atoms with E-state index in [0.29, 0.717) is 48.9 Å². The number of thiazole rings is 1. The molecular weight excluding hydrogens is 521 g/mol. The second-order valence-corrected chi connectivity index (χ2v) is 10.0. The Morgan fingerprint density at radius 2 is 1.83 bits per heavy atom. The highest BCUT2D eigenvalue weighted by atomic mass is 35.5. The molecule has 35 heavy (non-hydrogen) atoms. The summed E-state index contributed by atoms with van der Waals surface area (Å²) in [5.74, 6) is 0.852. The van der Waals surface area contributed by atoms with Gasteiger partial charge in [0.05, 0.1) is 26.2 Å². The normalized spacial score (nSPS) is 15.9. The number of furan rings is 1. The van der Waals surface area contributed by atoms with Gasteiger partial charge >= 0.3 is 0 Å². The maximum atomic E-state index is 13.1. The van der Waals surface area contributed by atoms with Crippen LogP contribution in [0.2, 0.25) is 10.0 Å². The molecule has 0 unspecified atom stereocenters. The van der Waals surface area contributed by atoms with Crippen molar-refractivity contribution in [2.75, 3.05) is 6.54 Å². The van der Waals surface area contributed by atoms with Crippen LogP contribution in [0.1, 0.15) is 5.76 Å². The fourth-order valence-corrected chi connectivity index (χ4v) is 5.75. The van der Waals surface area contributed by atoms with E-state index in [1.807, 2.05) is 35.7 Å². The molecule has 5 rings (SSSR count). The van der Waals surface area contributed by atoms with Gasteiger partial charge in [-0.15, -0.1) is 17.9 Å². The minimum absolute atomic E-state index is 0.179. The van der Waals surface area contributed by atoms with E-state index in [4.69, 9.17) is 27.6 Å². The van der Waals surface area contributed by atoms with E-state index < -0.39 is 0 Å². The number of thioether (sulfide) groups is 1. The number of carbonyl (C=O) groups excluding carboxylic acids is 1. The Morgan fingerprint density at radius 1 is 1.06 bits per heavy atom. The molecular formula is C26H17Cl2N3O2S2. The van der Waals surface area contributed by atoms with Crippen LogP contribution in [0.3, 0.4) is 0 Å². The van der Waals surface area contributed by atoms with Crippen LogP contribution in [-0.2, 0) is 4.79 Å². The van der Waals surface area contributed by atoms with E-state index in [1.54, 1.807) is 47.4 Å². The first kappa shape index (κ1) is 23.6. The zero-order valence-corrected chi connectivity index (χ0v) is 21.3. The van der Waals surface area contributed by atoms with E-state index in [1.165, 1.54) is 23.1 Å². The predicted octanol–water partition coefficient (Wildman–Crippen LogP) is 8.17. The van der Waals surface area contributed by atoms with Crippen molar-refractivity contribution in [1.82, 2.24) is 9.88 Å². The zero-order valence-electron chi connectivity index (χ0n) is 18.2. The van der Waals surface area contributed by atoms with Crippen molar-refractivity contribution in [3.8, 4) is 22.6 Å². The van der Waals surface area contributed by atoms with Crippen LogP contribution >= 0.6 is 46.3 Å². The summed E-state index contributed by atoms with van der Waals surface area (Å²) < 4.78 is 5.94. The first-order valence-corrected chi connectivity index (χ1v) is 12.9. The number of nitrogens with zero attached hydrogens (tertiary/aromatic N) is 3. The molecule has 0 atom stereocenters. The quantitative estimate of drug-likeness (QED) is 0.184. The standard InChI is InChI=1S/C26H17Cl2N3O2S2/c1-2-13-31-24(32)22(14-17-11-12-21(33-17)23-18(27)9-6-10-19(23)28)35-26(31)30-25-29-20(15-34-25)16-7-4-3-5-8-16/h2-12,14-15H,1,13H2/b22-14+,30-26+. The van der Waals surface area contributed by atoms with Gasteiger partial charge in [0.25, 0.3) is 5.91 Å². The second kappa shape index (κ2) is 10.3. The summed E-state index contributed by atoms with van der Waals surface area (Å²) in [6.07, 6.45) is 3.36. The molecule has 3 heterocycles. The molecule has 1 amide bonds. The number of hydrogen-bond donors (Lipinski definition) is 0. The lowest BCUT2D eigenvalue weighted by atomic mass is 10.2. The molecule has 5 nitrogen and oxygen atoms in total. The van der Waals surface area contributed by atoms with Gasteiger partial charge in [-0.1, -0.05) is 65.7 Å². The van der Waals surface area contributed by atoms with Crippen LogP contribution in [-0.4, -0.2) is 27.5 Å². The van der Waals surface area contributed by atoms with E-state index in [9.17, 15) is 4.79 Å². The summed E-state index contributed by atoms with van der Waals surface area (Å²) in [6, 6.07) is 18.7. The molecule has 1 saturated heterocycles. The molecule has 1 fully saturated rings. The van der Waals surface area contributed by atoms with Gasteiger partial charge in [0, 0.05) is 23.6 Å². The van der Waals surface area contributed by atoms with Gasteiger partial charge in [0.2, 0.25) is 5.13 Å². The van der Waals surface area contributed by atoms with E-state index in [0.717, 1.165) is 11.3 Å². The highest BCUT2D eigenvalue weighted by molar-refractivity contribution is 8.18. The Kier molecular flexibility index (Phi) is 6.92. The maximum absolute atomic E-state index is 13.1. The fraction of sp³-hybridized carbons (Fsp3) is 0.0385. The minimum Gasteiger partial charge on any atom is -0.457 e. The van der Waals surface area contributed by atoms with Crippen molar-refractivity contribution in [3.63, 3.8) is 0 Å². The molecule has 0 radical (unpaired) electrons. The molecule has 0 bridgehead atoms. The summed E-state index contributed by atoms with van der Waals surface area (Å²) in [4.78, 5) is 24.5. The van der Waals surface area contributed by atoms with Gasteiger partial charge in [0.1, 0.15) is 11.5 Å². The third-order valence-corrected chi connectivity index (χ3v) is 7.43. The third-order valence-electron chi connectivity index (χ3n) is 5.06. The van der Waals surface area contributed by atoms with Crippen LogP contribution in [0.5, 0.6) is 0 Å². The lowest BCUT2D eigenvalue weighted by Gasteiger charge is -2.11. The monoisotopic (exact) mass is 537 g/mol. The first-order valence-electron chi connectivity index (χ1n) is 10.5. The number of benzene rings is 2. The molecule has 9 heteroatoms. The number of carbonyl (C=O) groups is 1. The third kappa shape index (κ3) is 4.99. The Morgan fingerprint density at radius 3 is 2.57 bits per heavy atom. The van der Waals surface area contributed by atoms with Crippen molar-refractivity contribution in [2.45, 2.75) is 0 Å². The molecule has 0 aliphatic carbocycles. The molecule has 0 spiro atoms. The number of hydrogen-bond acceptors (Lipinski definition) is 6. The van der Waals surface area contributed by atoms with Crippen LogP contribution < -0.4 is 0 Å². The number of rotatable bonds is 6. The average molecular weight is 538 g/mol. The lowest BCUT2D eigenvalue weighted by molar-refractivity contribution is -0.121. The van der Waals surface area contributed by atoms with Crippen molar-refractivity contribution < 1.29 is 9.21 Å². The first-order chi connectivity index (χ1) is 17.0. The van der Waals surface area contributed by atoms with E-state index in [-0.39, 0.29) is 5.91 Å². The number of aliphatic imine (C=N–C) groups is 1. The Labute approximate surface area is 220 Å². The Balaban J connectivity index is 1.43. The van der Waals surface area contributed by atoms with Crippen molar-refractivity contribution >= 4 is 68.6 Å². The molecule has 1 aliphatic heterocycles. The molecule has 1 aliphatic rings. The zero-order chi connectivity index (χ0) is 24.4. The van der Waals surface area contributed by atoms with Gasteiger partial charge < -0.3 is 4.42 Å². The summed E-state index contributed by atoms with van der Waals surface area (Å²) in [7, 11) is 0. The summed E-state index contributed by atoms with van der Waals surface area (Å²) in [5, 5.41) is 4.04. The molecule has 2 aromatic carbocycles. The maximum Gasteiger partial charge on any atom is 0.267 e. The average Bonchev–Trinajstić information content (AvgIpc) is 3.57. The number of amides is 1. The van der Waals surface area contributed by atoms with Gasteiger partial charge in [-0.3, -0.25) is 9.69 Å². The van der Waals surface area contributed by atoms with Gasteiger partial charge in [-0.25, -0.2) is 4.98 Å². The SMILES string of the molecule is C=CCN1C(=O)/C(=C\c2ccc(-c3c(Cl)cccc3Cl)o2)S/C1=N/c1nc(-c2ccccc2)cs1. The largest absolute Gasteiger partial charge is 0.457 e. The number of aromatic nitrogens is 1. The minimum atomic E-state index is -0.179. The van der Waals surface area contributed by atoms with Crippen LogP contribution in [0.15, 0.2) is 93.0 Å². The van der Waals surface area contributed by atoms with E-state index in [2.05, 4.69) is 16.6 Å². The Hall–Kier alpha value is -3.10. The molecule has 4 aromatic rings. The van der Waals surface area contributed by atoms with Crippen LogP contribution in [0, 0.1) is 0 Å². The molecule has 0 saturated carbocycles. The fourth-order valence-electron chi connectivity index (χ4n) is 3.45. The smallest absolute Gasteiger partial charge is 0.267 e. The van der Waals surface area contributed by atoms with E-state index >= 15 is 0 Å². The summed E-state index contributed by atoms with van der Waals surface area (Å²) >= 11 is 15.3. The lowest BCUT2D eigenvalue weighted by Crippen LogP contribution is -2.29. The molecule has 174 valence electrons. The summed E-state index contributed by atoms with van der Waals surface area (Å²) in [6.45, 7) is 4.10. The van der Waals surface area contributed by atoms with Gasteiger partial charge in [-0.05, 0) is 36.0 Å². The number of halogens is 2. The van der Waals surface area contributed by atoms with Gasteiger partial charge in [-0.2, -0.15) is 4.99 Å². The molecule has 2 aromatic heterocycles. The topological polar surface area (TPSA) is 58.7 Å². The highest BCUT2D eigenvalue weighted by Gasteiger charge is 2.33. The summed E-state index contributed by atoms with van der Waals surface area (Å²) in [5.41, 5.74) is 2.47. The van der Waals surface area contributed by atoms with Crippen LogP contribution in [0.25, 0.3) is 28.7 Å². The van der Waals surface area contributed by atoms with Crippen LogP contribution in [0.4, 0.5) is 5.13 Å². The molecule has 0 N–H and O–H groups in total. The highest BCUT2D eigenvalue weighted by Crippen LogP contribution is 2.38. The van der Waals surface area contributed by atoms with Crippen molar-refractivity contribution in [3.05, 3.63) is 99.4 Å². The van der Waals surface area contributed by atoms with Crippen molar-refractivity contribution in [1.29, 1.82) is 0 Å². The second-order valence-electron chi connectivity index (χ2n) is 7.39. The number of amidine groups is 1. The Bertz CT molecular complexity index is 1450. The van der Waals surface area contributed by atoms with Crippen molar-refractivity contribution in [2.24, 2.45) is 4.99 Å².